The number of benzene rings is 4. The van der Waals surface area contributed by atoms with Crippen LogP contribution in [0.3, 0.4) is 0 Å². The van der Waals surface area contributed by atoms with Crippen molar-refractivity contribution in [3.8, 4) is 0 Å². The monoisotopic (exact) mass is 641 g/mol. The molecule has 4 aromatic carbocycles. The maximum Gasteiger partial charge on any atom is 0.246 e. The quantitative estimate of drug-likeness (QED) is 0.147. The van der Waals surface area contributed by atoms with Gasteiger partial charge in [0.05, 0.1) is 43.8 Å². The van der Waals surface area contributed by atoms with Crippen molar-refractivity contribution in [3.63, 3.8) is 0 Å². The maximum absolute atomic E-state index is 13.4. The largest absolute Gasteiger partial charge is 0.375 e. The number of rotatable bonds is 13. The maximum atomic E-state index is 13.4. The van der Waals surface area contributed by atoms with Gasteiger partial charge in [0.15, 0.2) is 0 Å². The summed E-state index contributed by atoms with van der Waals surface area (Å²) in [4.78, 5) is 19.9. The van der Waals surface area contributed by atoms with Crippen LogP contribution in [0.2, 0.25) is 0 Å². The normalized spacial score (nSPS) is 24.5. The molecule has 0 unspecified atom stereocenters. The molecular weight excluding hydrogens is 603 g/mol. The Labute approximate surface area is 274 Å². The molecule has 6 rings (SSSR count). The fraction of sp³-hybridized carbons (Fsp3) is 0.324. The van der Waals surface area contributed by atoms with Crippen molar-refractivity contribution in [2.75, 3.05) is 19.5 Å². The minimum absolute atomic E-state index is 0.0237. The van der Waals surface area contributed by atoms with Crippen LogP contribution in [0, 0.1) is 5.92 Å². The Morgan fingerprint density at radius 2 is 1.27 bits per heavy atom. The number of carbonyl (C=O) groups is 1. The van der Waals surface area contributed by atoms with Crippen LogP contribution in [-0.2, 0) is 45.4 Å². The van der Waals surface area contributed by atoms with Gasteiger partial charge >= 0.3 is 0 Å². The van der Waals surface area contributed by atoms with Crippen LogP contribution >= 0.6 is 23.5 Å². The van der Waals surface area contributed by atoms with E-state index in [4.69, 9.17) is 19.0 Å². The van der Waals surface area contributed by atoms with Gasteiger partial charge in [0.1, 0.15) is 12.2 Å². The van der Waals surface area contributed by atoms with E-state index in [2.05, 4.69) is 53.6 Å². The van der Waals surface area contributed by atoms with E-state index in [0.717, 1.165) is 22.3 Å². The second-order valence-corrected chi connectivity index (χ2v) is 13.8. The fourth-order valence-electron chi connectivity index (χ4n) is 6.37. The molecule has 8 heteroatoms. The first-order valence-corrected chi connectivity index (χ1v) is 17.3. The molecule has 2 fully saturated rings. The van der Waals surface area contributed by atoms with Gasteiger partial charge in [0.2, 0.25) is 4.45 Å². The van der Waals surface area contributed by atoms with Crippen molar-refractivity contribution >= 4 is 28.0 Å². The summed E-state index contributed by atoms with van der Waals surface area (Å²) in [6.45, 7) is 2.60. The molecule has 0 spiro atoms. The van der Waals surface area contributed by atoms with Crippen molar-refractivity contribution in [2.24, 2.45) is 5.92 Å². The van der Waals surface area contributed by atoms with Gasteiger partial charge in [0, 0.05) is 12.5 Å². The minimum Gasteiger partial charge on any atom is -0.375 e. The van der Waals surface area contributed by atoms with Crippen LogP contribution in [0.1, 0.15) is 22.3 Å². The lowest BCUT2D eigenvalue weighted by molar-refractivity contribution is -0.186. The van der Waals surface area contributed by atoms with Crippen molar-refractivity contribution in [3.05, 3.63) is 144 Å². The molecule has 45 heavy (non-hydrogen) atoms. The average molecular weight is 642 g/mol. The summed E-state index contributed by atoms with van der Waals surface area (Å²) in [6, 6.07) is 40.7. The fourth-order valence-corrected chi connectivity index (χ4v) is 8.30. The second kappa shape index (κ2) is 15.6. The zero-order valence-electron chi connectivity index (χ0n) is 25.4. The summed E-state index contributed by atoms with van der Waals surface area (Å²) in [6.07, 6.45) is 0.999. The lowest BCUT2D eigenvalue weighted by Gasteiger charge is -2.38. The molecule has 5 atom stereocenters. The number of thioether (sulfide) groups is 2. The van der Waals surface area contributed by atoms with Gasteiger partial charge in [-0.1, -0.05) is 145 Å². The first-order valence-electron chi connectivity index (χ1n) is 15.3. The topological polar surface area (TPSA) is 57.2 Å². The van der Waals surface area contributed by atoms with E-state index in [-0.39, 0.29) is 22.5 Å². The van der Waals surface area contributed by atoms with Gasteiger partial charge in [0.25, 0.3) is 0 Å². The van der Waals surface area contributed by atoms with Crippen molar-refractivity contribution < 1.29 is 23.8 Å². The molecule has 0 amide bonds. The van der Waals surface area contributed by atoms with E-state index in [0.29, 0.717) is 39.6 Å². The Balaban J connectivity index is 1.37. The molecule has 6 nitrogen and oxygen atoms in total. The highest BCUT2D eigenvalue weighted by Crippen LogP contribution is 2.55. The first kappa shape index (κ1) is 32.0. The first-order chi connectivity index (χ1) is 22.2. The summed E-state index contributed by atoms with van der Waals surface area (Å²) in [7, 11) is 0. The number of ether oxygens (including phenoxy) is 3. The molecule has 1 aliphatic carbocycles. The van der Waals surface area contributed by atoms with Gasteiger partial charge in [-0.25, -0.2) is 0 Å². The molecule has 4 aromatic rings. The minimum atomic E-state index is -0.749. The molecule has 234 valence electrons. The lowest BCUT2D eigenvalue weighted by atomic mass is 9.93. The number of carbonyl (C=O) groups excluding carboxylic acids is 1. The zero-order valence-corrected chi connectivity index (χ0v) is 27.0. The third-order valence-electron chi connectivity index (χ3n) is 8.53. The molecule has 1 aliphatic heterocycles. The Bertz CT molecular complexity index is 1480. The van der Waals surface area contributed by atoms with Gasteiger partial charge in [-0.15, -0.1) is 0 Å². The SMILES string of the molecule is CSC(=O)S[C@]1(COCc2ccccc2)[C@@H]2CON(Cc3ccccc3)[C@@H]2[C@H](OCc2ccccc2)[C@H]1OCc1ccccc1. The predicted molar refractivity (Wildman–Crippen MR) is 181 cm³/mol. The summed E-state index contributed by atoms with van der Waals surface area (Å²) < 4.78 is 19.6. The number of fused-ring (bicyclic) bond motifs is 1. The summed E-state index contributed by atoms with van der Waals surface area (Å²) >= 11 is 2.55. The van der Waals surface area contributed by atoms with Crippen molar-refractivity contribution in [1.29, 1.82) is 0 Å². The van der Waals surface area contributed by atoms with E-state index < -0.39 is 10.9 Å². The Morgan fingerprint density at radius 1 is 0.756 bits per heavy atom. The number of hydroxylamine groups is 2. The molecule has 0 radical (unpaired) electrons. The molecule has 0 aromatic heterocycles. The third kappa shape index (κ3) is 7.72. The zero-order chi connectivity index (χ0) is 30.9. The third-order valence-corrected chi connectivity index (χ3v) is 10.8. The van der Waals surface area contributed by atoms with E-state index in [9.17, 15) is 4.79 Å². The second-order valence-electron chi connectivity index (χ2n) is 11.4. The molecule has 1 saturated heterocycles. The van der Waals surface area contributed by atoms with Crippen LogP contribution in [-0.4, -0.2) is 52.0 Å². The highest BCUT2D eigenvalue weighted by molar-refractivity contribution is 8.38. The Kier molecular flexibility index (Phi) is 11.1. The van der Waals surface area contributed by atoms with Gasteiger partial charge in [-0.05, 0) is 28.5 Å². The lowest BCUT2D eigenvalue weighted by Crippen LogP contribution is -2.50. The van der Waals surface area contributed by atoms with Crippen LogP contribution < -0.4 is 0 Å². The molecular formula is C37H39NO5S2. The molecule has 0 bridgehead atoms. The van der Waals surface area contributed by atoms with E-state index in [1.165, 1.54) is 23.5 Å². The van der Waals surface area contributed by atoms with Crippen LogP contribution in [0.25, 0.3) is 0 Å². The summed E-state index contributed by atoms with van der Waals surface area (Å²) in [5.74, 6) is -0.0837. The number of nitrogens with zero attached hydrogens (tertiary/aromatic N) is 1. The predicted octanol–water partition coefficient (Wildman–Crippen LogP) is 7.77. The summed E-state index contributed by atoms with van der Waals surface area (Å²) in [5, 5.41) is 2.05. The van der Waals surface area contributed by atoms with Gasteiger partial charge in [-0.2, -0.15) is 5.06 Å². The smallest absolute Gasteiger partial charge is 0.246 e. The average Bonchev–Trinajstić information content (AvgIpc) is 3.61. The molecule has 2 aliphatic rings. The highest BCUT2D eigenvalue weighted by Gasteiger charge is 2.67. The summed E-state index contributed by atoms with van der Waals surface area (Å²) in [5.41, 5.74) is 4.37. The van der Waals surface area contributed by atoms with Crippen LogP contribution in [0.5, 0.6) is 0 Å². The van der Waals surface area contributed by atoms with E-state index in [1.807, 2.05) is 79.1 Å². The molecule has 1 heterocycles. The molecule has 1 saturated carbocycles. The van der Waals surface area contributed by atoms with Crippen LogP contribution in [0.15, 0.2) is 121 Å². The number of hydrogen-bond donors (Lipinski definition) is 0. The van der Waals surface area contributed by atoms with Gasteiger partial charge in [-0.3, -0.25) is 9.63 Å². The Hall–Kier alpha value is -2.95. The van der Waals surface area contributed by atoms with E-state index in [1.54, 1.807) is 0 Å². The number of hydrogen-bond acceptors (Lipinski definition) is 8. The standard InChI is InChI=1S/C37H39NO5S2/c1-44-36(39)45-37(27-40-23-29-16-8-3-9-17-29)32-26-43-38(22-28-14-6-2-7-15-28)33(32)34(41-24-30-18-10-4-11-19-30)35(37)42-25-31-20-12-5-13-21-31/h2-21,32-35H,22-27H2,1H3/t32-,33+,34+,35-,37-/m1/s1. The van der Waals surface area contributed by atoms with Gasteiger partial charge < -0.3 is 14.2 Å². The van der Waals surface area contributed by atoms with Crippen molar-refractivity contribution in [1.82, 2.24) is 5.06 Å². The highest BCUT2D eigenvalue weighted by atomic mass is 32.2. The van der Waals surface area contributed by atoms with Crippen LogP contribution in [0.4, 0.5) is 4.79 Å². The van der Waals surface area contributed by atoms with E-state index >= 15 is 0 Å². The van der Waals surface area contributed by atoms with Crippen molar-refractivity contribution in [2.45, 2.75) is 49.4 Å². The molecule has 0 N–H and O–H groups in total. The Morgan fingerprint density at radius 3 is 1.82 bits per heavy atom.